The lowest BCUT2D eigenvalue weighted by Gasteiger charge is -2.71. The van der Waals surface area contributed by atoms with Crippen LogP contribution in [0.2, 0.25) is 0 Å². The van der Waals surface area contributed by atoms with Gasteiger partial charge in [0, 0.05) is 13.0 Å². The van der Waals surface area contributed by atoms with Gasteiger partial charge in [-0.2, -0.15) is 0 Å². The molecule has 5 aliphatic carbocycles. The number of aldehydes is 1. The fourth-order valence-corrected chi connectivity index (χ4v) is 17.8. The third kappa shape index (κ3) is 12.4. The molecule has 0 bridgehead atoms. The van der Waals surface area contributed by atoms with Crippen molar-refractivity contribution in [2.45, 2.75) is 255 Å². The van der Waals surface area contributed by atoms with Crippen molar-refractivity contribution in [2.24, 2.45) is 50.2 Å². The van der Waals surface area contributed by atoms with Gasteiger partial charge in [0.25, 0.3) is 0 Å². The van der Waals surface area contributed by atoms with Crippen LogP contribution in [0.4, 0.5) is 0 Å². The molecule has 0 spiro atoms. The van der Waals surface area contributed by atoms with Crippen LogP contribution in [0.1, 0.15) is 126 Å². The molecule has 11 N–H and O–H groups in total. The first-order valence-electron chi connectivity index (χ1n) is 32.3. The Balaban J connectivity index is 0.940. The van der Waals surface area contributed by atoms with E-state index in [-0.39, 0.29) is 30.6 Å². The molecule has 4 aliphatic heterocycles. The Kier molecular flexibility index (Phi) is 20.4. The van der Waals surface area contributed by atoms with Gasteiger partial charge in [0.05, 0.1) is 43.5 Å². The minimum Gasteiger partial charge on any atom is -0.497 e. The Hall–Kier alpha value is -4.63. The Bertz CT molecular complexity index is 2960. The molecule has 4 heterocycles. The van der Waals surface area contributed by atoms with E-state index < -0.39 is 204 Å². The van der Waals surface area contributed by atoms with E-state index in [0.29, 0.717) is 49.8 Å². The molecule has 27 heteroatoms. The molecule has 93 heavy (non-hydrogen) atoms. The number of carbonyl (C=O) groups excluding carboxylic acids is 4. The van der Waals surface area contributed by atoms with Crippen LogP contribution in [-0.2, 0) is 71.3 Å². The molecule has 0 amide bonds. The molecule has 30 atom stereocenters. The van der Waals surface area contributed by atoms with Crippen molar-refractivity contribution < 1.29 is 132 Å². The number of allylic oxidation sites excluding steroid dienone is 2. The van der Waals surface area contributed by atoms with Crippen molar-refractivity contribution >= 4 is 36.2 Å². The van der Waals surface area contributed by atoms with Crippen molar-refractivity contribution in [2.75, 3.05) is 13.7 Å². The number of carbonyl (C=O) groups is 5. The molecule has 1 aromatic rings. The number of esters is 3. The third-order valence-corrected chi connectivity index (χ3v) is 23.3. The molecule has 0 radical (unpaired) electrons. The zero-order valence-corrected chi connectivity index (χ0v) is 54.1. The third-order valence-electron chi connectivity index (χ3n) is 23.3. The van der Waals surface area contributed by atoms with Crippen molar-refractivity contribution in [3.8, 4) is 5.75 Å². The van der Waals surface area contributed by atoms with Crippen LogP contribution in [0.15, 0.2) is 42.0 Å². The number of aliphatic carboxylic acids is 1. The number of hydrogen-bond acceptors (Lipinski definition) is 26. The highest BCUT2D eigenvalue weighted by Gasteiger charge is 2.73. The van der Waals surface area contributed by atoms with Gasteiger partial charge >= 0.3 is 23.9 Å². The van der Waals surface area contributed by atoms with E-state index in [4.69, 9.17) is 52.1 Å². The summed E-state index contributed by atoms with van der Waals surface area (Å²) in [5.41, 5.74) is -3.76. The van der Waals surface area contributed by atoms with Crippen molar-refractivity contribution in [3.05, 3.63) is 47.6 Å². The standard InChI is InChI=1S/C66H94O27/c1-29-42(72)44(74)48(78)56(84-29)92-54-53(86-31(3)69)50(89-41(71)18-13-32-11-14-33(83-10)15-12-32)30(2)85-59(54)93-60(82)66-24-23-61(4,5)25-35(66)34-16-17-38-62(6)21-20-40(63(7,28-68)37(62)19-22-64(38,8)65(34,9)26-39(66)70)88-58-52(47(77)46(76)51(90-58)55(80)81)91-57-49(79)45(75)43(73)36(27-67)87-57/h11-16,18,28-30,35-40,42-54,56-59,67,70,72-79H,17,19-27H2,1-10H3,(H,80,81)/b18-13-/t29-,30+,35-,36+,37+,38+,39+,40-,42-,43-,44+,45-,46-,47-,48+,49+,50-,51-,52+,53-,54+,56-,57-,58+,59-,62-,63-,64+,65+,66+/m0/s1. The zero-order valence-electron chi connectivity index (χ0n) is 54.1. The van der Waals surface area contributed by atoms with E-state index in [1.54, 1.807) is 31.2 Å². The lowest BCUT2D eigenvalue weighted by molar-refractivity contribution is -0.373. The number of rotatable bonds is 16. The molecule has 1 aromatic carbocycles. The second kappa shape index (κ2) is 26.7. The molecule has 0 aromatic heterocycles. The Morgan fingerprint density at radius 2 is 1.28 bits per heavy atom. The highest BCUT2D eigenvalue weighted by Crippen LogP contribution is 2.76. The number of methoxy groups -OCH3 is 1. The summed E-state index contributed by atoms with van der Waals surface area (Å²) in [6.07, 6.45) is -28.3. The van der Waals surface area contributed by atoms with E-state index in [0.717, 1.165) is 24.9 Å². The van der Waals surface area contributed by atoms with E-state index in [9.17, 15) is 75.3 Å². The van der Waals surface area contributed by atoms with Crippen LogP contribution in [0, 0.1) is 50.2 Å². The van der Waals surface area contributed by atoms with Gasteiger partial charge in [-0.3, -0.25) is 9.59 Å². The maximum absolute atomic E-state index is 15.9. The topological polar surface area (TPSA) is 409 Å². The normalized spacial score (nSPS) is 47.9. The Morgan fingerprint density at radius 3 is 1.91 bits per heavy atom. The van der Waals surface area contributed by atoms with Crippen LogP contribution >= 0.6 is 0 Å². The van der Waals surface area contributed by atoms with Gasteiger partial charge < -0.3 is 113 Å². The second-order valence-electron chi connectivity index (χ2n) is 29.1. The number of fused-ring (bicyclic) bond motifs is 7. The fourth-order valence-electron chi connectivity index (χ4n) is 17.8. The predicted molar refractivity (Wildman–Crippen MR) is 318 cm³/mol. The van der Waals surface area contributed by atoms with Crippen molar-refractivity contribution in [1.82, 2.24) is 0 Å². The summed E-state index contributed by atoms with van der Waals surface area (Å²) >= 11 is 0. The van der Waals surface area contributed by atoms with Gasteiger partial charge in [-0.1, -0.05) is 65.3 Å². The number of carboxylic acids is 1. The summed E-state index contributed by atoms with van der Waals surface area (Å²) in [4.78, 5) is 69.2. The minimum absolute atomic E-state index is 0.0866. The monoisotopic (exact) mass is 1320 g/mol. The maximum atomic E-state index is 15.9. The summed E-state index contributed by atoms with van der Waals surface area (Å²) in [6.45, 7) is 15.7. The summed E-state index contributed by atoms with van der Waals surface area (Å²) in [6, 6.07) is 6.81. The van der Waals surface area contributed by atoms with Gasteiger partial charge in [0.2, 0.25) is 6.29 Å². The first-order chi connectivity index (χ1) is 43.6. The summed E-state index contributed by atoms with van der Waals surface area (Å²) in [5.74, 6) is -4.89. The Labute approximate surface area is 539 Å². The average molecular weight is 1320 g/mol. The molecular formula is C66H94O27. The molecule has 10 rings (SSSR count). The van der Waals surface area contributed by atoms with Crippen LogP contribution in [0.5, 0.6) is 5.75 Å². The van der Waals surface area contributed by atoms with E-state index in [1.807, 2.05) is 0 Å². The largest absolute Gasteiger partial charge is 0.497 e. The SMILES string of the molecule is COc1ccc(/C=C\C(=O)O[C@@H]2[C@H](OC(C)=O)[C@@H](O[C@@H]3O[C@@H](C)[C@H](O)[C@@H](O)[C@H]3O)[C@H](OC(=O)[C@]34CCC(C)(C)C[C@H]3C3=CC[C@@H]5[C@@]6(C)CC[C@H](O[C@@H]7O[C@H](C(=O)O)[C@@H](O)[C@H](O)[C@H]7O[C@@H]7O[C@H](CO)[C@H](O)[C@H](O)[C@H]7O)[C@@](C)(C=O)[C@@H]6CC[C@@]5(C)[C@]3(C)C[C@H]4O)O[C@@H]2C)cc1. The smallest absolute Gasteiger partial charge is 0.335 e. The number of benzene rings is 1. The maximum Gasteiger partial charge on any atom is 0.335 e. The molecule has 9 aliphatic rings. The molecule has 8 fully saturated rings. The quantitative estimate of drug-likeness (QED) is 0.0276. The number of hydrogen-bond donors (Lipinski definition) is 11. The molecule has 4 saturated carbocycles. The van der Waals surface area contributed by atoms with E-state index >= 15 is 4.79 Å². The summed E-state index contributed by atoms with van der Waals surface area (Å²) in [7, 11) is 1.52. The van der Waals surface area contributed by atoms with Crippen molar-refractivity contribution in [3.63, 3.8) is 0 Å². The van der Waals surface area contributed by atoms with Gasteiger partial charge in [0.1, 0.15) is 78.5 Å². The lowest BCUT2D eigenvalue weighted by Crippen LogP contribution is -2.69. The van der Waals surface area contributed by atoms with Crippen molar-refractivity contribution in [1.29, 1.82) is 0 Å². The van der Waals surface area contributed by atoms with E-state index in [2.05, 4.69) is 40.7 Å². The predicted octanol–water partition coefficient (Wildman–Crippen LogP) is 1.11. The first kappa shape index (κ1) is 71.2. The van der Waals surface area contributed by atoms with Crippen LogP contribution < -0.4 is 4.74 Å². The summed E-state index contributed by atoms with van der Waals surface area (Å²) in [5, 5.41) is 121. The van der Waals surface area contributed by atoms with Gasteiger partial charge in [-0.15, -0.1) is 0 Å². The highest BCUT2D eigenvalue weighted by molar-refractivity contribution is 5.87. The van der Waals surface area contributed by atoms with E-state index in [1.165, 1.54) is 27.0 Å². The number of ether oxygens (including phenoxy) is 11. The lowest BCUT2D eigenvalue weighted by atomic mass is 9.33. The molecule has 0 unspecified atom stereocenters. The van der Waals surface area contributed by atoms with Crippen LogP contribution in [-0.4, -0.2) is 235 Å². The number of aliphatic hydroxyl groups excluding tert-OH is 10. The number of aliphatic hydroxyl groups is 10. The summed E-state index contributed by atoms with van der Waals surface area (Å²) < 4.78 is 66.2. The Morgan fingerprint density at radius 1 is 0.634 bits per heavy atom. The fraction of sp³-hybridized carbons (Fsp3) is 0.773. The molecule has 27 nitrogen and oxygen atoms in total. The first-order valence-corrected chi connectivity index (χ1v) is 32.3. The van der Waals surface area contributed by atoms with Gasteiger partial charge in [-0.05, 0) is 135 Å². The molecular weight excluding hydrogens is 1220 g/mol. The molecule has 520 valence electrons. The number of carboxylic acid groups (broad SMARTS) is 1. The molecule has 4 saturated heterocycles. The second-order valence-corrected chi connectivity index (χ2v) is 29.1. The van der Waals surface area contributed by atoms with Gasteiger partial charge in [0.15, 0.2) is 43.3 Å². The minimum atomic E-state index is -2.10. The van der Waals surface area contributed by atoms with Gasteiger partial charge in [-0.25, -0.2) is 9.59 Å². The average Bonchev–Trinajstić information content (AvgIpc) is 0.672. The zero-order chi connectivity index (χ0) is 68.0. The highest BCUT2D eigenvalue weighted by atomic mass is 16.8. The van der Waals surface area contributed by atoms with Crippen LogP contribution in [0.3, 0.4) is 0 Å². The van der Waals surface area contributed by atoms with Crippen LogP contribution in [0.25, 0.3) is 6.08 Å².